The first-order valence-corrected chi connectivity index (χ1v) is 10.8. The molecule has 0 saturated carbocycles. The van der Waals surface area contributed by atoms with Crippen LogP contribution in [0.15, 0.2) is 42.5 Å². The fourth-order valence-corrected chi connectivity index (χ4v) is 4.87. The molecule has 2 aromatic rings. The topological polar surface area (TPSA) is 35.6 Å². The molecule has 4 nitrogen and oxygen atoms in total. The molecule has 1 saturated heterocycles. The molecule has 1 fully saturated rings. The van der Waals surface area contributed by atoms with E-state index in [0.717, 1.165) is 17.4 Å². The van der Waals surface area contributed by atoms with Gasteiger partial charge in [-0.25, -0.2) is 0 Å². The van der Waals surface area contributed by atoms with Crippen LogP contribution >= 0.6 is 11.6 Å². The van der Waals surface area contributed by atoms with Gasteiger partial charge >= 0.3 is 6.18 Å². The number of nitrogens with zero attached hydrogens (tertiary/aromatic N) is 2. The number of benzene rings is 2. The van der Waals surface area contributed by atoms with E-state index in [2.05, 4.69) is 15.1 Å². The van der Waals surface area contributed by atoms with Crippen molar-refractivity contribution in [3.05, 3.63) is 58.6 Å². The molecule has 0 radical (unpaired) electrons. The third-order valence-corrected chi connectivity index (χ3v) is 6.32. The molecule has 0 aliphatic carbocycles. The lowest BCUT2D eigenvalue weighted by Crippen LogP contribution is -2.61. The summed E-state index contributed by atoms with van der Waals surface area (Å²) < 4.78 is 39.9. The third-order valence-electron chi connectivity index (χ3n) is 6.00. The van der Waals surface area contributed by atoms with Gasteiger partial charge in [-0.05, 0) is 56.2 Å². The second-order valence-electron chi connectivity index (χ2n) is 8.47. The summed E-state index contributed by atoms with van der Waals surface area (Å²) in [7, 11) is 0. The smallest absolute Gasteiger partial charge is 0.366 e. The second-order valence-corrected chi connectivity index (χ2v) is 8.88. The Morgan fingerprint density at radius 2 is 1.87 bits per heavy atom. The van der Waals surface area contributed by atoms with Crippen LogP contribution in [0.4, 0.5) is 24.5 Å². The normalized spacial score (nSPS) is 21.0. The Hall–Kier alpha value is -2.41. The van der Waals surface area contributed by atoms with Crippen molar-refractivity contribution in [2.45, 2.75) is 38.5 Å². The minimum atomic E-state index is -4.41. The highest BCUT2D eigenvalue weighted by Gasteiger charge is 2.43. The van der Waals surface area contributed by atoms with Gasteiger partial charge in [-0.2, -0.15) is 13.2 Å². The molecule has 2 aromatic carbocycles. The van der Waals surface area contributed by atoms with Crippen LogP contribution in [0.1, 0.15) is 25.0 Å². The van der Waals surface area contributed by atoms with Gasteiger partial charge in [0, 0.05) is 31.4 Å². The highest BCUT2D eigenvalue weighted by Crippen LogP contribution is 2.40. The van der Waals surface area contributed by atoms with Crippen molar-refractivity contribution in [2.24, 2.45) is 5.92 Å². The van der Waals surface area contributed by atoms with Crippen LogP contribution < -0.4 is 15.1 Å². The number of nitrogens with one attached hydrogen (secondary N) is 1. The Morgan fingerprint density at radius 3 is 2.55 bits per heavy atom. The van der Waals surface area contributed by atoms with Gasteiger partial charge in [-0.1, -0.05) is 23.7 Å². The van der Waals surface area contributed by atoms with Crippen molar-refractivity contribution in [1.29, 1.82) is 0 Å². The number of para-hydroxylation sites is 1. The van der Waals surface area contributed by atoms with Crippen molar-refractivity contribution in [2.75, 3.05) is 29.4 Å². The Kier molecular flexibility index (Phi) is 5.81. The van der Waals surface area contributed by atoms with Gasteiger partial charge in [-0.15, -0.1) is 0 Å². The number of anilines is 2. The van der Waals surface area contributed by atoms with Crippen molar-refractivity contribution >= 4 is 28.9 Å². The lowest BCUT2D eigenvalue weighted by atomic mass is 9.82. The monoisotopic (exact) mass is 451 g/mol. The molecule has 8 heteroatoms. The fourth-order valence-electron chi connectivity index (χ4n) is 4.62. The van der Waals surface area contributed by atoms with Crippen molar-refractivity contribution in [1.82, 2.24) is 5.32 Å². The van der Waals surface area contributed by atoms with E-state index in [0.29, 0.717) is 30.2 Å². The van der Waals surface area contributed by atoms with E-state index < -0.39 is 17.7 Å². The van der Waals surface area contributed by atoms with Gasteiger partial charge < -0.3 is 15.1 Å². The zero-order valence-electron chi connectivity index (χ0n) is 17.4. The minimum Gasteiger partial charge on any atom is -0.366 e. The van der Waals surface area contributed by atoms with Gasteiger partial charge in [0.1, 0.15) is 0 Å². The first-order valence-electron chi connectivity index (χ1n) is 10.4. The molecule has 2 aliphatic heterocycles. The average molecular weight is 452 g/mol. The Bertz CT molecular complexity index is 979. The summed E-state index contributed by atoms with van der Waals surface area (Å²) in [5.41, 5.74) is 1.58. The summed E-state index contributed by atoms with van der Waals surface area (Å²) in [6.45, 7) is 5.59. The average Bonchev–Trinajstić information content (AvgIpc) is 2.71. The molecule has 0 spiro atoms. The van der Waals surface area contributed by atoms with Crippen LogP contribution in [0.3, 0.4) is 0 Å². The highest BCUT2D eigenvalue weighted by atomic mass is 35.5. The number of fused-ring (bicyclic) bond motifs is 3. The number of piperazine rings is 1. The van der Waals surface area contributed by atoms with Gasteiger partial charge in [0.15, 0.2) is 0 Å². The van der Waals surface area contributed by atoms with E-state index >= 15 is 0 Å². The Morgan fingerprint density at radius 1 is 1.13 bits per heavy atom. The standard InChI is InChI=1S/C23H25ClF3N3O/c1-14(2)28-22(31)17-12-15-11-16(23(25,26)27)7-8-19(15)30-10-9-29(13-21(17)30)20-6-4-3-5-18(20)24/h3-8,11,14,17,21H,9-10,12-13H2,1-2H3,(H,28,31). The summed E-state index contributed by atoms with van der Waals surface area (Å²) in [6, 6.07) is 11.2. The lowest BCUT2D eigenvalue weighted by Gasteiger charge is -2.50. The zero-order valence-corrected chi connectivity index (χ0v) is 18.2. The van der Waals surface area contributed by atoms with Crippen LogP contribution in [0, 0.1) is 5.92 Å². The molecule has 2 atom stereocenters. The van der Waals surface area contributed by atoms with Crippen molar-refractivity contribution < 1.29 is 18.0 Å². The van der Waals surface area contributed by atoms with E-state index in [1.807, 2.05) is 38.1 Å². The molecule has 2 aliphatic rings. The summed E-state index contributed by atoms with van der Waals surface area (Å²) in [4.78, 5) is 17.3. The summed E-state index contributed by atoms with van der Waals surface area (Å²) in [5, 5.41) is 3.60. The van der Waals surface area contributed by atoms with Crippen LogP contribution in [0.25, 0.3) is 0 Å². The number of amides is 1. The van der Waals surface area contributed by atoms with Crippen molar-refractivity contribution in [3.63, 3.8) is 0 Å². The number of hydrogen-bond acceptors (Lipinski definition) is 3. The molecule has 1 N–H and O–H groups in total. The summed E-state index contributed by atoms with van der Waals surface area (Å²) in [6.07, 6.45) is -4.14. The zero-order chi connectivity index (χ0) is 22.3. The summed E-state index contributed by atoms with van der Waals surface area (Å²) >= 11 is 6.40. The first kappa shape index (κ1) is 21.8. The summed E-state index contributed by atoms with van der Waals surface area (Å²) in [5.74, 6) is -0.585. The second kappa shape index (κ2) is 8.26. The van der Waals surface area contributed by atoms with Crippen LogP contribution in [0.2, 0.25) is 5.02 Å². The third kappa shape index (κ3) is 4.33. The van der Waals surface area contributed by atoms with Gasteiger partial charge in [0.25, 0.3) is 0 Å². The van der Waals surface area contributed by atoms with E-state index in [-0.39, 0.29) is 24.4 Å². The van der Waals surface area contributed by atoms with Crippen LogP contribution in [-0.4, -0.2) is 37.6 Å². The van der Waals surface area contributed by atoms with Gasteiger partial charge in [0.2, 0.25) is 5.91 Å². The minimum absolute atomic E-state index is 0.0490. The number of rotatable bonds is 3. The van der Waals surface area contributed by atoms with E-state index in [4.69, 9.17) is 11.6 Å². The van der Waals surface area contributed by atoms with E-state index in [1.165, 1.54) is 6.07 Å². The van der Waals surface area contributed by atoms with E-state index in [1.54, 1.807) is 6.07 Å². The van der Waals surface area contributed by atoms with E-state index in [9.17, 15) is 18.0 Å². The molecule has 0 bridgehead atoms. The highest BCUT2D eigenvalue weighted by molar-refractivity contribution is 6.33. The molecule has 1 amide bonds. The number of carbonyl (C=O) groups is 1. The predicted molar refractivity (Wildman–Crippen MR) is 117 cm³/mol. The molecule has 31 heavy (non-hydrogen) atoms. The molecule has 2 unspecified atom stereocenters. The molecule has 2 heterocycles. The largest absolute Gasteiger partial charge is 0.416 e. The number of carbonyl (C=O) groups excluding carboxylic acids is 1. The first-order chi connectivity index (χ1) is 14.6. The maximum Gasteiger partial charge on any atom is 0.416 e. The van der Waals surface area contributed by atoms with Crippen LogP contribution in [0.5, 0.6) is 0 Å². The molecular weight excluding hydrogens is 427 g/mol. The van der Waals surface area contributed by atoms with Crippen LogP contribution in [-0.2, 0) is 17.4 Å². The quantitative estimate of drug-likeness (QED) is 0.731. The lowest BCUT2D eigenvalue weighted by molar-refractivity contribution is -0.137. The van der Waals surface area contributed by atoms with Gasteiger partial charge in [-0.3, -0.25) is 4.79 Å². The Balaban J connectivity index is 1.70. The SMILES string of the molecule is CC(C)NC(=O)C1Cc2cc(C(F)(F)F)ccc2N2CCN(c3ccccc3Cl)CC12. The maximum atomic E-state index is 13.3. The molecule has 166 valence electrons. The van der Waals surface area contributed by atoms with Crippen molar-refractivity contribution in [3.8, 4) is 0 Å². The maximum absolute atomic E-state index is 13.3. The molecule has 4 rings (SSSR count). The Labute approximate surface area is 185 Å². The predicted octanol–water partition coefficient (Wildman–Crippen LogP) is 4.75. The molecule has 0 aromatic heterocycles. The number of alkyl halides is 3. The fraction of sp³-hybridized carbons (Fsp3) is 0.435. The van der Waals surface area contributed by atoms with Gasteiger partial charge in [0.05, 0.1) is 28.2 Å². The number of hydrogen-bond donors (Lipinski definition) is 1. The molecular formula is C23H25ClF3N3O. The number of halogens is 4.